The SMILES string of the molecule is CCc1n[nH]c2c1CN(C(=O)C1CCCN(Cc3ccco3)C1)CC2. The number of carbonyl (C=O) groups is 1. The summed E-state index contributed by atoms with van der Waals surface area (Å²) in [6.45, 7) is 6.28. The summed E-state index contributed by atoms with van der Waals surface area (Å²) in [6, 6.07) is 3.92. The van der Waals surface area contributed by atoms with Gasteiger partial charge in [0.05, 0.1) is 24.4 Å². The number of aromatic amines is 1. The highest BCUT2D eigenvalue weighted by Gasteiger charge is 2.32. The van der Waals surface area contributed by atoms with E-state index in [0.29, 0.717) is 12.5 Å². The quantitative estimate of drug-likeness (QED) is 0.926. The molecule has 6 heteroatoms. The summed E-state index contributed by atoms with van der Waals surface area (Å²) < 4.78 is 5.46. The molecule has 0 saturated carbocycles. The van der Waals surface area contributed by atoms with E-state index in [1.165, 1.54) is 11.3 Å². The third-order valence-corrected chi connectivity index (χ3v) is 5.48. The lowest BCUT2D eigenvalue weighted by Gasteiger charge is -2.36. The molecule has 0 radical (unpaired) electrons. The highest BCUT2D eigenvalue weighted by Crippen LogP contribution is 2.25. The second-order valence-electron chi connectivity index (χ2n) is 7.14. The number of hydrogen-bond donors (Lipinski definition) is 1. The van der Waals surface area contributed by atoms with E-state index in [1.54, 1.807) is 6.26 Å². The monoisotopic (exact) mass is 342 g/mol. The molecule has 4 rings (SSSR count). The Balaban J connectivity index is 1.40. The van der Waals surface area contributed by atoms with Gasteiger partial charge >= 0.3 is 0 Å². The van der Waals surface area contributed by atoms with E-state index in [4.69, 9.17) is 4.42 Å². The van der Waals surface area contributed by atoms with Crippen LogP contribution in [0.4, 0.5) is 0 Å². The van der Waals surface area contributed by atoms with Crippen molar-refractivity contribution in [3.05, 3.63) is 41.1 Å². The van der Waals surface area contributed by atoms with Crippen molar-refractivity contribution in [2.75, 3.05) is 19.6 Å². The lowest BCUT2D eigenvalue weighted by molar-refractivity contribution is -0.138. The average Bonchev–Trinajstić information content (AvgIpc) is 3.30. The van der Waals surface area contributed by atoms with E-state index in [0.717, 1.165) is 63.3 Å². The number of piperidine rings is 1. The molecule has 1 N–H and O–H groups in total. The Kier molecular flexibility index (Phi) is 4.61. The average molecular weight is 342 g/mol. The first-order chi connectivity index (χ1) is 12.2. The van der Waals surface area contributed by atoms with Gasteiger partial charge in [-0.25, -0.2) is 0 Å². The van der Waals surface area contributed by atoms with Crippen LogP contribution in [-0.4, -0.2) is 45.5 Å². The molecular formula is C19H26N4O2. The largest absolute Gasteiger partial charge is 0.468 e. The second-order valence-corrected chi connectivity index (χ2v) is 7.14. The van der Waals surface area contributed by atoms with Crippen LogP contribution in [0.3, 0.4) is 0 Å². The van der Waals surface area contributed by atoms with Gasteiger partial charge in [-0.15, -0.1) is 0 Å². The molecule has 1 saturated heterocycles. The molecule has 134 valence electrons. The number of likely N-dealkylation sites (tertiary alicyclic amines) is 1. The van der Waals surface area contributed by atoms with Gasteiger partial charge in [-0.05, 0) is 37.9 Å². The molecule has 6 nitrogen and oxygen atoms in total. The lowest BCUT2D eigenvalue weighted by atomic mass is 9.94. The molecule has 1 atom stereocenters. The van der Waals surface area contributed by atoms with Crippen molar-refractivity contribution in [2.45, 2.75) is 45.7 Å². The van der Waals surface area contributed by atoms with E-state index in [-0.39, 0.29) is 5.92 Å². The van der Waals surface area contributed by atoms with Crippen molar-refractivity contribution in [1.29, 1.82) is 0 Å². The highest BCUT2D eigenvalue weighted by molar-refractivity contribution is 5.79. The number of carbonyl (C=O) groups excluding carboxylic acids is 1. The van der Waals surface area contributed by atoms with E-state index in [2.05, 4.69) is 22.0 Å². The molecule has 0 spiro atoms. The molecule has 2 aliphatic heterocycles. The van der Waals surface area contributed by atoms with Gasteiger partial charge in [-0.1, -0.05) is 6.92 Å². The summed E-state index contributed by atoms with van der Waals surface area (Å²) >= 11 is 0. The van der Waals surface area contributed by atoms with Crippen LogP contribution in [0.2, 0.25) is 0 Å². The number of aryl methyl sites for hydroxylation is 1. The molecule has 2 aromatic heterocycles. The maximum atomic E-state index is 13.1. The molecule has 4 heterocycles. The van der Waals surface area contributed by atoms with E-state index in [1.807, 2.05) is 17.0 Å². The van der Waals surface area contributed by atoms with Crippen molar-refractivity contribution < 1.29 is 9.21 Å². The normalized spacial score (nSPS) is 21.3. The van der Waals surface area contributed by atoms with Crippen LogP contribution < -0.4 is 0 Å². The van der Waals surface area contributed by atoms with Crippen molar-refractivity contribution in [1.82, 2.24) is 20.0 Å². The molecule has 1 fully saturated rings. The Bertz CT molecular complexity index is 708. The van der Waals surface area contributed by atoms with Crippen molar-refractivity contribution in [3.8, 4) is 0 Å². The van der Waals surface area contributed by atoms with Crippen molar-refractivity contribution in [2.24, 2.45) is 5.92 Å². The predicted octanol–water partition coefficient (Wildman–Crippen LogP) is 2.36. The molecule has 0 bridgehead atoms. The van der Waals surface area contributed by atoms with Gasteiger partial charge in [0, 0.05) is 37.3 Å². The van der Waals surface area contributed by atoms with Crippen LogP contribution in [0, 0.1) is 5.92 Å². The van der Waals surface area contributed by atoms with Gasteiger partial charge < -0.3 is 9.32 Å². The first-order valence-corrected chi connectivity index (χ1v) is 9.33. The van der Waals surface area contributed by atoms with Crippen LogP contribution in [0.5, 0.6) is 0 Å². The van der Waals surface area contributed by atoms with Gasteiger partial charge in [0.1, 0.15) is 5.76 Å². The fraction of sp³-hybridized carbons (Fsp3) is 0.579. The summed E-state index contributed by atoms with van der Waals surface area (Å²) in [5, 5.41) is 7.54. The number of hydrogen-bond acceptors (Lipinski definition) is 4. The smallest absolute Gasteiger partial charge is 0.227 e. The predicted molar refractivity (Wildman–Crippen MR) is 93.8 cm³/mol. The van der Waals surface area contributed by atoms with E-state index >= 15 is 0 Å². The maximum absolute atomic E-state index is 13.1. The van der Waals surface area contributed by atoms with E-state index in [9.17, 15) is 4.79 Å². The number of H-pyrrole nitrogens is 1. The number of nitrogens with one attached hydrogen (secondary N) is 1. The third-order valence-electron chi connectivity index (χ3n) is 5.48. The summed E-state index contributed by atoms with van der Waals surface area (Å²) in [7, 11) is 0. The van der Waals surface area contributed by atoms with E-state index < -0.39 is 0 Å². The molecule has 25 heavy (non-hydrogen) atoms. The van der Waals surface area contributed by atoms with Crippen molar-refractivity contribution in [3.63, 3.8) is 0 Å². The Labute approximate surface area is 148 Å². The summed E-state index contributed by atoms with van der Waals surface area (Å²) in [5.41, 5.74) is 3.56. The van der Waals surface area contributed by atoms with Crippen LogP contribution in [0.15, 0.2) is 22.8 Å². The standard InChI is InChI=1S/C19H26N4O2/c1-2-17-16-13-23(9-7-18(16)21-20-17)19(24)14-5-3-8-22(11-14)12-15-6-4-10-25-15/h4,6,10,14H,2-3,5,7-9,11-13H2,1H3,(H,20,21). The van der Waals surface area contributed by atoms with Crippen LogP contribution in [-0.2, 0) is 30.7 Å². The fourth-order valence-corrected chi connectivity index (χ4v) is 4.12. The van der Waals surface area contributed by atoms with Gasteiger partial charge in [-0.3, -0.25) is 14.8 Å². The van der Waals surface area contributed by atoms with Gasteiger partial charge in [0.25, 0.3) is 0 Å². The number of aromatic nitrogens is 2. The molecule has 2 aromatic rings. The Morgan fingerprint density at radius 3 is 3.16 bits per heavy atom. The fourth-order valence-electron chi connectivity index (χ4n) is 4.12. The molecule has 2 aliphatic rings. The number of rotatable bonds is 4. The van der Waals surface area contributed by atoms with Gasteiger partial charge in [0.15, 0.2) is 0 Å². The van der Waals surface area contributed by atoms with Gasteiger partial charge in [0.2, 0.25) is 5.91 Å². The third kappa shape index (κ3) is 3.35. The van der Waals surface area contributed by atoms with Crippen molar-refractivity contribution >= 4 is 5.91 Å². The number of fused-ring (bicyclic) bond motifs is 1. The second kappa shape index (κ2) is 7.04. The topological polar surface area (TPSA) is 65.4 Å². The minimum absolute atomic E-state index is 0.0993. The Morgan fingerprint density at radius 2 is 2.36 bits per heavy atom. The number of amides is 1. The first kappa shape index (κ1) is 16.4. The first-order valence-electron chi connectivity index (χ1n) is 9.33. The Morgan fingerprint density at radius 1 is 1.44 bits per heavy atom. The zero-order valence-electron chi connectivity index (χ0n) is 14.8. The molecule has 1 amide bonds. The summed E-state index contributed by atoms with van der Waals surface area (Å²) in [4.78, 5) is 17.5. The van der Waals surface area contributed by atoms with Gasteiger partial charge in [-0.2, -0.15) is 5.10 Å². The lowest BCUT2D eigenvalue weighted by Crippen LogP contribution is -2.46. The van der Waals surface area contributed by atoms with Crippen LogP contribution >= 0.6 is 0 Å². The molecule has 0 aromatic carbocycles. The zero-order valence-corrected chi connectivity index (χ0v) is 14.8. The van der Waals surface area contributed by atoms with Crippen LogP contribution in [0.25, 0.3) is 0 Å². The van der Waals surface area contributed by atoms with Crippen LogP contribution in [0.1, 0.15) is 42.5 Å². The molecule has 0 aliphatic carbocycles. The summed E-state index contributed by atoms with van der Waals surface area (Å²) in [5.74, 6) is 1.38. The number of furan rings is 1. The minimum atomic E-state index is 0.0993. The maximum Gasteiger partial charge on any atom is 0.227 e. The summed E-state index contributed by atoms with van der Waals surface area (Å²) in [6.07, 6.45) is 5.57. The minimum Gasteiger partial charge on any atom is -0.468 e. The zero-order chi connectivity index (χ0) is 17.2. The highest BCUT2D eigenvalue weighted by atomic mass is 16.3. The molecule has 1 unspecified atom stereocenters. The number of nitrogens with zero attached hydrogens (tertiary/aromatic N) is 3. The molecular weight excluding hydrogens is 316 g/mol. The Hall–Kier alpha value is -2.08.